The molecule has 6 N–H and O–H groups in total. The molecule has 1 amide bonds. The molecular formula is C46H38N4O13S. The minimum Gasteiger partial charge on any atom is -0.508 e. The molecule has 3 aliphatic rings. The first-order valence-electron chi connectivity index (χ1n) is 19.7. The summed E-state index contributed by atoms with van der Waals surface area (Å²) in [6.07, 6.45) is 1.70. The summed E-state index contributed by atoms with van der Waals surface area (Å²) in [7, 11) is 0. The fourth-order valence-electron chi connectivity index (χ4n) is 6.93. The number of aromatic carboxylic acids is 1. The summed E-state index contributed by atoms with van der Waals surface area (Å²) in [6, 6.07) is 25.9. The summed E-state index contributed by atoms with van der Waals surface area (Å²) in [5.74, 6) is -1.72. The van der Waals surface area contributed by atoms with Gasteiger partial charge in [-0.15, -0.1) is 5.53 Å². The highest BCUT2D eigenvalue weighted by atomic mass is 32.2. The zero-order valence-electron chi connectivity index (χ0n) is 33.6. The number of ether oxygens (including phenoxy) is 3. The Hall–Kier alpha value is -7.48. The maximum Gasteiger partial charge on any atom is 0.348 e. The number of thioether (sulfide) groups is 1. The Kier molecular flexibility index (Phi) is 13.0. The largest absolute Gasteiger partial charge is 0.508 e. The number of benzene rings is 5. The van der Waals surface area contributed by atoms with Crippen molar-refractivity contribution in [3.05, 3.63) is 158 Å². The molecule has 1 aliphatic carbocycles. The van der Waals surface area contributed by atoms with Gasteiger partial charge >= 0.3 is 11.6 Å². The second-order valence-corrected chi connectivity index (χ2v) is 15.3. The molecule has 0 spiro atoms. The minimum absolute atomic E-state index is 0.0515. The van der Waals surface area contributed by atoms with Crippen molar-refractivity contribution in [3.8, 4) is 33.9 Å². The average Bonchev–Trinajstić information content (AvgIpc) is 3.74. The maximum atomic E-state index is 13.4. The number of carbonyl (C=O) groups is 3. The summed E-state index contributed by atoms with van der Waals surface area (Å²) in [6.45, 7) is 1.22. The molecule has 0 bridgehead atoms. The van der Waals surface area contributed by atoms with Gasteiger partial charge in [0.15, 0.2) is 5.43 Å². The fourth-order valence-corrected chi connectivity index (χ4v) is 7.69. The van der Waals surface area contributed by atoms with Crippen molar-refractivity contribution in [2.45, 2.75) is 11.5 Å². The molecule has 8 rings (SSSR count). The van der Waals surface area contributed by atoms with Crippen LogP contribution in [0.5, 0.6) is 11.5 Å². The third-order valence-electron chi connectivity index (χ3n) is 9.90. The van der Waals surface area contributed by atoms with Crippen LogP contribution in [-0.4, -0.2) is 77.0 Å². The first-order chi connectivity index (χ1) is 31.0. The highest BCUT2D eigenvalue weighted by Gasteiger charge is 2.24. The fraction of sp³-hybridized carbons (Fsp3) is 0.152. The molecular weight excluding hydrogens is 849 g/mol. The summed E-state index contributed by atoms with van der Waals surface area (Å²) >= 11 is 0.914. The van der Waals surface area contributed by atoms with Gasteiger partial charge < -0.3 is 49.1 Å². The Morgan fingerprint density at radius 1 is 0.734 bits per heavy atom. The van der Waals surface area contributed by atoms with Crippen LogP contribution in [0.3, 0.4) is 0 Å². The molecule has 3 heterocycles. The van der Waals surface area contributed by atoms with E-state index >= 15 is 0 Å². The topological polar surface area (TPSA) is 239 Å². The summed E-state index contributed by atoms with van der Waals surface area (Å²) in [5.41, 5.74) is 7.30. The molecule has 0 atom stereocenters. The molecule has 0 saturated heterocycles. The number of hydrogen-bond donors (Lipinski definition) is 6. The summed E-state index contributed by atoms with van der Waals surface area (Å²) in [4.78, 5) is 64.2. The van der Waals surface area contributed by atoms with Crippen LogP contribution >= 0.6 is 11.8 Å². The highest BCUT2D eigenvalue weighted by Crippen LogP contribution is 2.42. The average molecular weight is 887 g/mol. The lowest BCUT2D eigenvalue weighted by atomic mass is 9.89. The van der Waals surface area contributed by atoms with Crippen LogP contribution in [0.1, 0.15) is 36.6 Å². The van der Waals surface area contributed by atoms with Gasteiger partial charge in [-0.05, 0) is 89.6 Å². The van der Waals surface area contributed by atoms with Crippen molar-refractivity contribution < 1.29 is 52.7 Å². The van der Waals surface area contributed by atoms with Crippen LogP contribution in [0.4, 0.5) is 0 Å². The van der Waals surface area contributed by atoms with Crippen LogP contribution in [0.15, 0.2) is 138 Å². The van der Waals surface area contributed by atoms with Gasteiger partial charge in [0.25, 0.3) is 5.91 Å². The predicted octanol–water partition coefficient (Wildman–Crippen LogP) is 5.82. The number of carbonyl (C=O) groups excluding carboxylic acids is 2. The van der Waals surface area contributed by atoms with E-state index in [1.807, 2.05) is 6.07 Å². The van der Waals surface area contributed by atoms with Gasteiger partial charge in [-0.1, -0.05) is 18.2 Å². The molecule has 2 aliphatic heterocycles. The first-order valence-corrected chi connectivity index (χ1v) is 20.5. The number of carboxylic acids is 1. The third kappa shape index (κ3) is 9.91. The second kappa shape index (κ2) is 19.3. The van der Waals surface area contributed by atoms with Gasteiger partial charge in [0.2, 0.25) is 5.12 Å². The molecule has 0 saturated carbocycles. The van der Waals surface area contributed by atoms with Gasteiger partial charge in [-0.25, -0.2) is 9.59 Å². The lowest BCUT2D eigenvalue weighted by molar-refractivity contribution is -0.0186. The minimum atomic E-state index is -1.23. The molecule has 64 heavy (non-hydrogen) atoms. The second-order valence-electron chi connectivity index (χ2n) is 14.3. The number of carboxylic acid groups (broad SMARTS) is 1. The number of nitrogens with zero attached hydrogens (tertiary/aromatic N) is 1. The van der Waals surface area contributed by atoms with Crippen LogP contribution in [0.25, 0.3) is 44.4 Å². The van der Waals surface area contributed by atoms with Crippen molar-refractivity contribution in [1.29, 1.82) is 0 Å². The zero-order valence-corrected chi connectivity index (χ0v) is 34.4. The Bertz CT molecular complexity index is 3020. The zero-order chi connectivity index (χ0) is 44.7. The molecule has 326 valence electrons. The molecule has 18 heteroatoms. The number of rotatable bonds is 17. The van der Waals surface area contributed by atoms with E-state index in [-0.39, 0.29) is 102 Å². The Balaban J connectivity index is 0.798. The summed E-state index contributed by atoms with van der Waals surface area (Å²) in [5, 5.41) is 35.4. The van der Waals surface area contributed by atoms with Gasteiger partial charge in [0.05, 0.1) is 50.8 Å². The van der Waals surface area contributed by atoms with Crippen LogP contribution < -0.4 is 27.3 Å². The quantitative estimate of drug-likeness (QED) is 0.0273. The van der Waals surface area contributed by atoms with E-state index in [0.29, 0.717) is 38.1 Å². The van der Waals surface area contributed by atoms with Gasteiger partial charge in [-0.3, -0.25) is 19.4 Å². The molecule has 5 aromatic rings. The monoisotopic (exact) mass is 886 g/mol. The molecule has 0 fully saturated rings. The normalized spacial score (nSPS) is 12.4. The number of phenolic OH excluding ortho intramolecular Hbond substituents is 2. The molecule has 4 aromatic carbocycles. The van der Waals surface area contributed by atoms with E-state index in [4.69, 9.17) is 23.0 Å². The Labute approximate surface area is 366 Å². The van der Waals surface area contributed by atoms with E-state index < -0.39 is 22.6 Å². The SMILES string of the molecule is O=C(NCC1=CN(COCCOCCOCc2cc(O)cc3oc(=O)c(C(=O)Sc4ccccc4)cc23)NN1)c1ccc(C(=O)O)c(-c2c3ccc(=O)cc-3oc3cc(O)ccc23)c1. The molecule has 0 unspecified atom stereocenters. The van der Waals surface area contributed by atoms with E-state index in [1.54, 1.807) is 41.5 Å². The van der Waals surface area contributed by atoms with E-state index in [2.05, 4.69) is 16.3 Å². The first kappa shape index (κ1) is 43.2. The van der Waals surface area contributed by atoms with Gasteiger partial charge in [0, 0.05) is 56.8 Å². The van der Waals surface area contributed by atoms with Gasteiger partial charge in [-0.2, -0.15) is 0 Å². The molecule has 17 nitrogen and oxygen atoms in total. The third-order valence-corrected chi connectivity index (χ3v) is 10.8. The van der Waals surface area contributed by atoms with E-state index in [0.717, 1.165) is 11.8 Å². The number of amides is 1. The van der Waals surface area contributed by atoms with Crippen molar-refractivity contribution in [2.75, 3.05) is 39.7 Å². The van der Waals surface area contributed by atoms with Crippen molar-refractivity contribution in [2.24, 2.45) is 0 Å². The Morgan fingerprint density at radius 2 is 1.50 bits per heavy atom. The molecule has 0 radical (unpaired) electrons. The number of fused-ring (bicyclic) bond motifs is 3. The number of aromatic hydroxyl groups is 2. The lowest BCUT2D eigenvalue weighted by Gasteiger charge is -2.17. The van der Waals surface area contributed by atoms with Crippen molar-refractivity contribution in [1.82, 2.24) is 21.3 Å². The maximum absolute atomic E-state index is 13.4. The number of phenols is 2. The van der Waals surface area contributed by atoms with Crippen LogP contribution in [0.2, 0.25) is 0 Å². The smallest absolute Gasteiger partial charge is 0.348 e. The van der Waals surface area contributed by atoms with E-state index in [1.165, 1.54) is 66.7 Å². The summed E-state index contributed by atoms with van der Waals surface area (Å²) < 4.78 is 28.3. The lowest BCUT2D eigenvalue weighted by Crippen LogP contribution is -2.39. The van der Waals surface area contributed by atoms with Crippen LogP contribution in [0, 0.1) is 0 Å². The predicted molar refractivity (Wildman–Crippen MR) is 234 cm³/mol. The number of hydrazine groups is 2. The van der Waals surface area contributed by atoms with E-state index in [9.17, 15) is 39.3 Å². The van der Waals surface area contributed by atoms with Crippen LogP contribution in [-0.2, 0) is 20.8 Å². The number of hydrogen-bond acceptors (Lipinski definition) is 16. The molecule has 1 aromatic heterocycles. The van der Waals surface area contributed by atoms with Crippen molar-refractivity contribution >= 4 is 50.7 Å². The highest BCUT2D eigenvalue weighted by molar-refractivity contribution is 8.14. The van der Waals surface area contributed by atoms with Crippen molar-refractivity contribution in [3.63, 3.8) is 0 Å². The number of nitrogens with one attached hydrogen (secondary N) is 3. The van der Waals surface area contributed by atoms with Gasteiger partial charge in [0.1, 0.15) is 40.7 Å². The Morgan fingerprint density at radius 3 is 2.31 bits per heavy atom. The standard InChI is InChI=1S/C46H38N4O13S/c51-29-7-10-34-39(18-29)62-40-19-30(52)8-11-35(40)42(34)37-17-26(6-9-33(37)44(55)56)43(54)47-22-28-23-50(49-48-28)25-61-15-13-59-12-14-60-24-27-16-31(53)20-41-36(27)21-38(45(57)63-41)46(58)64-32-4-2-1-3-5-32/h1-11,16-21,23,48-49,51,53H,12-15,22,24-25H2,(H,47,54)(H,55,56).